The second-order valence-corrected chi connectivity index (χ2v) is 6.86. The molecule has 1 aromatic rings. The lowest BCUT2D eigenvalue weighted by atomic mass is 10.3. The first-order valence-corrected chi connectivity index (χ1v) is 9.21. The van der Waals surface area contributed by atoms with E-state index >= 15 is 0 Å². The molecular weight excluding hydrogens is 365 g/mol. The van der Waals surface area contributed by atoms with E-state index in [-0.39, 0.29) is 18.4 Å². The number of carbonyl (C=O) groups is 2. The number of quaternary nitrogens is 1. The Morgan fingerprint density at radius 1 is 1.28 bits per heavy atom. The van der Waals surface area contributed by atoms with Gasteiger partial charge in [-0.1, -0.05) is 30.1 Å². The fourth-order valence-corrected chi connectivity index (χ4v) is 3.09. The Bertz CT molecular complexity index is 605. The number of halogens is 2. The van der Waals surface area contributed by atoms with Crippen molar-refractivity contribution in [3.05, 3.63) is 28.2 Å². The van der Waals surface area contributed by atoms with Crippen molar-refractivity contribution >= 4 is 35.0 Å². The van der Waals surface area contributed by atoms with Gasteiger partial charge >= 0.3 is 0 Å². The van der Waals surface area contributed by atoms with Crippen molar-refractivity contribution in [2.45, 2.75) is 13.3 Å². The number of amides is 2. The van der Waals surface area contributed by atoms with E-state index in [2.05, 4.69) is 5.32 Å². The van der Waals surface area contributed by atoms with E-state index in [9.17, 15) is 9.59 Å². The van der Waals surface area contributed by atoms with Crippen molar-refractivity contribution in [2.24, 2.45) is 0 Å². The first-order valence-electron chi connectivity index (χ1n) is 8.45. The Morgan fingerprint density at radius 3 is 2.64 bits per heavy atom. The first-order chi connectivity index (χ1) is 12.0. The van der Waals surface area contributed by atoms with Crippen molar-refractivity contribution in [3.8, 4) is 5.75 Å². The van der Waals surface area contributed by atoms with Crippen LogP contribution in [0.1, 0.15) is 13.3 Å². The van der Waals surface area contributed by atoms with E-state index < -0.39 is 0 Å². The molecule has 1 aliphatic heterocycles. The number of carbonyl (C=O) groups excluding carboxylic acids is 2. The topological polar surface area (TPSA) is 63.1 Å². The molecule has 2 rings (SSSR count). The largest absolute Gasteiger partial charge is 0.482 e. The summed E-state index contributed by atoms with van der Waals surface area (Å²) in [5.74, 6) is 0.425. The summed E-state index contributed by atoms with van der Waals surface area (Å²) in [7, 11) is 0. The van der Waals surface area contributed by atoms with E-state index in [1.54, 1.807) is 23.1 Å². The van der Waals surface area contributed by atoms with E-state index in [4.69, 9.17) is 27.9 Å². The lowest BCUT2D eigenvalue weighted by Crippen LogP contribution is -3.15. The van der Waals surface area contributed by atoms with Crippen LogP contribution < -0.4 is 15.0 Å². The highest BCUT2D eigenvalue weighted by Crippen LogP contribution is 2.27. The fraction of sp³-hybridized carbons (Fsp3) is 0.529. The molecular formula is C17H24Cl2N3O3+. The standard InChI is InChI=1S/C17H23Cl2N3O3/c1-2-5-20-16(23)11-21-6-8-22(9-7-21)17(24)12-25-15-4-3-13(18)10-14(15)19/h3-4,10H,2,5-9,11-12H2,1H3,(H,20,23)/p+1. The summed E-state index contributed by atoms with van der Waals surface area (Å²) in [6.07, 6.45) is 0.932. The normalized spacial score (nSPS) is 15.1. The van der Waals surface area contributed by atoms with Gasteiger partial charge in [-0.3, -0.25) is 9.59 Å². The number of nitrogens with one attached hydrogen (secondary N) is 2. The van der Waals surface area contributed by atoms with Crippen molar-refractivity contribution in [3.63, 3.8) is 0 Å². The van der Waals surface area contributed by atoms with Crippen molar-refractivity contribution in [1.29, 1.82) is 0 Å². The van der Waals surface area contributed by atoms with E-state index in [0.29, 0.717) is 42.0 Å². The van der Waals surface area contributed by atoms with Gasteiger partial charge in [0.25, 0.3) is 11.8 Å². The number of rotatable bonds is 7. The van der Waals surface area contributed by atoms with Gasteiger partial charge in [0.15, 0.2) is 13.2 Å². The number of benzene rings is 1. The highest BCUT2D eigenvalue weighted by Gasteiger charge is 2.25. The minimum Gasteiger partial charge on any atom is -0.482 e. The van der Waals surface area contributed by atoms with Gasteiger partial charge in [-0.15, -0.1) is 0 Å². The SMILES string of the molecule is CCCNC(=O)C[NH+]1CCN(C(=O)COc2ccc(Cl)cc2Cl)CC1. The number of piperazine rings is 1. The lowest BCUT2D eigenvalue weighted by molar-refractivity contribution is -0.896. The van der Waals surface area contributed by atoms with Crippen LogP contribution in [0.4, 0.5) is 0 Å². The van der Waals surface area contributed by atoms with Crippen LogP contribution in [0.3, 0.4) is 0 Å². The third-order valence-electron chi connectivity index (χ3n) is 4.05. The molecule has 138 valence electrons. The monoisotopic (exact) mass is 388 g/mol. The molecule has 0 spiro atoms. The number of nitrogens with zero attached hydrogens (tertiary/aromatic N) is 1. The highest BCUT2D eigenvalue weighted by molar-refractivity contribution is 6.35. The third-order valence-corrected chi connectivity index (χ3v) is 4.58. The maximum absolute atomic E-state index is 12.3. The van der Waals surface area contributed by atoms with Crippen LogP contribution >= 0.6 is 23.2 Å². The minimum absolute atomic E-state index is 0.0618. The Labute approximate surface area is 158 Å². The molecule has 0 aliphatic carbocycles. The maximum Gasteiger partial charge on any atom is 0.275 e. The molecule has 0 aromatic heterocycles. The zero-order chi connectivity index (χ0) is 18.2. The molecule has 8 heteroatoms. The molecule has 1 fully saturated rings. The molecule has 1 saturated heterocycles. The molecule has 0 unspecified atom stereocenters. The minimum atomic E-state index is -0.0829. The van der Waals surface area contributed by atoms with Gasteiger partial charge in [-0.25, -0.2) is 0 Å². The van der Waals surface area contributed by atoms with E-state index in [1.165, 1.54) is 4.90 Å². The van der Waals surface area contributed by atoms with Gasteiger partial charge in [0.1, 0.15) is 5.75 Å². The Hall–Kier alpha value is -1.50. The van der Waals surface area contributed by atoms with Gasteiger partial charge < -0.3 is 19.9 Å². The Morgan fingerprint density at radius 2 is 2.00 bits per heavy atom. The van der Waals surface area contributed by atoms with Crippen LogP contribution in [0.5, 0.6) is 5.75 Å². The molecule has 2 N–H and O–H groups in total. The van der Waals surface area contributed by atoms with Crippen molar-refractivity contribution < 1.29 is 19.2 Å². The lowest BCUT2D eigenvalue weighted by Gasteiger charge is -2.31. The van der Waals surface area contributed by atoms with Gasteiger partial charge in [-0.2, -0.15) is 0 Å². The quantitative estimate of drug-likeness (QED) is 0.719. The summed E-state index contributed by atoms with van der Waals surface area (Å²) < 4.78 is 5.49. The van der Waals surface area contributed by atoms with Crippen LogP contribution in [0, 0.1) is 0 Å². The Balaban J connectivity index is 1.73. The molecule has 0 saturated carbocycles. The third kappa shape index (κ3) is 6.38. The van der Waals surface area contributed by atoms with Gasteiger partial charge in [0.05, 0.1) is 31.2 Å². The van der Waals surface area contributed by atoms with Gasteiger partial charge in [0, 0.05) is 11.6 Å². The van der Waals surface area contributed by atoms with Crippen LogP contribution in [-0.4, -0.2) is 62.6 Å². The smallest absolute Gasteiger partial charge is 0.275 e. The average molecular weight is 389 g/mol. The van der Waals surface area contributed by atoms with Gasteiger partial charge in [0.2, 0.25) is 0 Å². The molecule has 2 amide bonds. The maximum atomic E-state index is 12.3. The molecule has 1 aliphatic rings. The molecule has 0 atom stereocenters. The summed E-state index contributed by atoms with van der Waals surface area (Å²) in [4.78, 5) is 27.0. The van der Waals surface area contributed by atoms with Crippen LogP contribution in [0.15, 0.2) is 18.2 Å². The summed E-state index contributed by atoms with van der Waals surface area (Å²) in [5.41, 5.74) is 0. The first kappa shape index (κ1) is 19.8. The number of hydrogen-bond donors (Lipinski definition) is 2. The zero-order valence-corrected chi connectivity index (χ0v) is 15.8. The predicted molar refractivity (Wildman–Crippen MR) is 97.4 cm³/mol. The van der Waals surface area contributed by atoms with Crippen LogP contribution in [0.25, 0.3) is 0 Å². The van der Waals surface area contributed by atoms with E-state index in [0.717, 1.165) is 19.5 Å². The van der Waals surface area contributed by atoms with Crippen molar-refractivity contribution in [1.82, 2.24) is 10.2 Å². The van der Waals surface area contributed by atoms with Gasteiger partial charge in [-0.05, 0) is 24.6 Å². The fourth-order valence-electron chi connectivity index (χ4n) is 2.63. The summed E-state index contributed by atoms with van der Waals surface area (Å²) >= 11 is 11.9. The summed E-state index contributed by atoms with van der Waals surface area (Å²) in [6.45, 7) is 5.88. The zero-order valence-electron chi connectivity index (χ0n) is 14.3. The molecule has 0 radical (unpaired) electrons. The number of ether oxygens (including phenoxy) is 1. The second-order valence-electron chi connectivity index (χ2n) is 6.02. The highest BCUT2D eigenvalue weighted by atomic mass is 35.5. The molecule has 0 bridgehead atoms. The summed E-state index contributed by atoms with van der Waals surface area (Å²) in [6, 6.07) is 4.89. The van der Waals surface area contributed by atoms with Crippen LogP contribution in [0.2, 0.25) is 10.0 Å². The molecule has 6 nitrogen and oxygen atoms in total. The Kier molecular flexibility index (Phi) is 7.81. The average Bonchev–Trinajstić information content (AvgIpc) is 2.59. The van der Waals surface area contributed by atoms with E-state index in [1.807, 2.05) is 6.92 Å². The molecule has 1 aromatic carbocycles. The number of hydrogen-bond acceptors (Lipinski definition) is 3. The van der Waals surface area contributed by atoms with Crippen LogP contribution in [-0.2, 0) is 9.59 Å². The van der Waals surface area contributed by atoms with Crippen molar-refractivity contribution in [2.75, 3.05) is 45.9 Å². The summed E-state index contributed by atoms with van der Waals surface area (Å²) in [5, 5.41) is 3.78. The second kappa shape index (κ2) is 9.85. The molecule has 1 heterocycles. The predicted octanol–water partition coefficient (Wildman–Crippen LogP) is 0.626. The molecule has 25 heavy (non-hydrogen) atoms.